The zero-order chi connectivity index (χ0) is 17.5. The van der Waals surface area contributed by atoms with Crippen molar-refractivity contribution in [2.24, 2.45) is 5.41 Å². The predicted molar refractivity (Wildman–Crippen MR) is 86.2 cm³/mol. The van der Waals surface area contributed by atoms with Crippen LogP contribution in [0.2, 0.25) is 0 Å². The van der Waals surface area contributed by atoms with Gasteiger partial charge >= 0.3 is 12.1 Å². The number of piperidine rings is 1. The van der Waals surface area contributed by atoms with E-state index in [1.165, 1.54) is 0 Å². The van der Waals surface area contributed by atoms with E-state index in [-0.39, 0.29) is 17.4 Å². The Balaban J connectivity index is 1.79. The molecular formula is C17H25N3O4. The summed E-state index contributed by atoms with van der Waals surface area (Å²) < 4.78 is 12.6. The summed E-state index contributed by atoms with van der Waals surface area (Å²) in [4.78, 5) is 26.6. The van der Waals surface area contributed by atoms with E-state index < -0.39 is 17.7 Å². The van der Waals surface area contributed by atoms with E-state index in [0.29, 0.717) is 19.6 Å². The molecule has 24 heavy (non-hydrogen) atoms. The Labute approximate surface area is 141 Å². The lowest BCUT2D eigenvalue weighted by Crippen LogP contribution is -2.46. The number of esters is 1. The highest BCUT2D eigenvalue weighted by Crippen LogP contribution is 2.60. The van der Waals surface area contributed by atoms with Crippen molar-refractivity contribution in [3.63, 3.8) is 0 Å². The second-order valence-corrected chi connectivity index (χ2v) is 7.65. The van der Waals surface area contributed by atoms with Crippen molar-refractivity contribution >= 4 is 12.1 Å². The molecule has 3 atom stereocenters. The Morgan fingerprint density at radius 3 is 2.67 bits per heavy atom. The Hall–Kier alpha value is -2.05. The van der Waals surface area contributed by atoms with Crippen molar-refractivity contribution < 1.29 is 19.1 Å². The van der Waals surface area contributed by atoms with Crippen molar-refractivity contribution in [3.05, 3.63) is 18.5 Å². The van der Waals surface area contributed by atoms with Gasteiger partial charge in [-0.3, -0.25) is 9.58 Å². The first-order valence-corrected chi connectivity index (χ1v) is 8.41. The topological polar surface area (TPSA) is 73.7 Å². The average Bonchev–Trinajstić information content (AvgIpc) is 2.85. The summed E-state index contributed by atoms with van der Waals surface area (Å²) >= 11 is 0. The van der Waals surface area contributed by atoms with Crippen LogP contribution in [0.15, 0.2) is 18.5 Å². The Morgan fingerprint density at radius 1 is 1.33 bits per heavy atom. The molecule has 0 radical (unpaired) electrons. The SMILES string of the molecule is CCOC(=O)[C@@H]1C[C@@]2(Cn3cccn3)C[C@H]2N1C(=O)OC(C)(C)C. The fourth-order valence-electron chi connectivity index (χ4n) is 3.60. The number of fused-ring (bicyclic) bond motifs is 1. The number of ether oxygens (including phenoxy) is 2. The van der Waals surface area contributed by atoms with Crippen LogP contribution in [0, 0.1) is 5.41 Å². The van der Waals surface area contributed by atoms with Gasteiger partial charge in [-0.25, -0.2) is 9.59 Å². The molecular weight excluding hydrogens is 310 g/mol. The van der Waals surface area contributed by atoms with Crippen LogP contribution in [-0.4, -0.2) is 51.0 Å². The van der Waals surface area contributed by atoms with Gasteiger partial charge in [0.2, 0.25) is 0 Å². The molecule has 1 amide bonds. The molecule has 1 aromatic rings. The lowest BCUT2D eigenvalue weighted by molar-refractivity contribution is -0.149. The first-order valence-electron chi connectivity index (χ1n) is 8.41. The molecule has 7 heteroatoms. The third-order valence-corrected chi connectivity index (χ3v) is 4.62. The van der Waals surface area contributed by atoms with Crippen molar-refractivity contribution in [2.75, 3.05) is 6.61 Å². The van der Waals surface area contributed by atoms with E-state index in [9.17, 15) is 9.59 Å². The minimum absolute atomic E-state index is 0.00551. The maximum Gasteiger partial charge on any atom is 0.411 e. The van der Waals surface area contributed by atoms with Gasteiger partial charge in [0.05, 0.1) is 6.61 Å². The second kappa shape index (κ2) is 5.79. The third-order valence-electron chi connectivity index (χ3n) is 4.62. The van der Waals surface area contributed by atoms with Gasteiger partial charge in [0, 0.05) is 30.4 Å². The first-order chi connectivity index (χ1) is 11.3. The lowest BCUT2D eigenvalue weighted by atomic mass is 9.99. The van der Waals surface area contributed by atoms with Crippen LogP contribution >= 0.6 is 0 Å². The molecule has 132 valence electrons. The van der Waals surface area contributed by atoms with Crippen molar-refractivity contribution in [3.8, 4) is 0 Å². The summed E-state index contributed by atoms with van der Waals surface area (Å²) in [7, 11) is 0. The molecule has 1 aromatic heterocycles. The van der Waals surface area contributed by atoms with Crippen LogP contribution in [0.25, 0.3) is 0 Å². The molecule has 2 fully saturated rings. The van der Waals surface area contributed by atoms with Gasteiger partial charge in [-0.05, 0) is 46.6 Å². The summed E-state index contributed by atoms with van der Waals surface area (Å²) in [5.74, 6) is -0.351. The van der Waals surface area contributed by atoms with Crippen LogP contribution in [0.5, 0.6) is 0 Å². The zero-order valence-electron chi connectivity index (χ0n) is 14.7. The number of carbonyl (C=O) groups is 2. The van der Waals surface area contributed by atoms with Crippen LogP contribution in [0.3, 0.4) is 0 Å². The fraction of sp³-hybridized carbons (Fsp3) is 0.706. The van der Waals surface area contributed by atoms with E-state index in [1.54, 1.807) is 18.0 Å². The highest BCUT2D eigenvalue weighted by atomic mass is 16.6. The largest absolute Gasteiger partial charge is 0.464 e. The number of likely N-dealkylation sites (tertiary alicyclic amines) is 1. The first kappa shape index (κ1) is 16.8. The average molecular weight is 335 g/mol. The highest BCUT2D eigenvalue weighted by Gasteiger charge is 2.68. The smallest absolute Gasteiger partial charge is 0.411 e. The molecule has 0 bridgehead atoms. The van der Waals surface area contributed by atoms with E-state index in [4.69, 9.17) is 9.47 Å². The maximum absolute atomic E-state index is 12.6. The Bertz CT molecular complexity index is 622. The second-order valence-electron chi connectivity index (χ2n) is 7.65. The quantitative estimate of drug-likeness (QED) is 0.789. The normalized spacial score (nSPS) is 28.4. The van der Waals surface area contributed by atoms with Crippen LogP contribution in [0.1, 0.15) is 40.5 Å². The minimum Gasteiger partial charge on any atom is -0.464 e. The van der Waals surface area contributed by atoms with Gasteiger partial charge in [0.1, 0.15) is 11.6 Å². The van der Waals surface area contributed by atoms with Gasteiger partial charge in [0.25, 0.3) is 0 Å². The van der Waals surface area contributed by atoms with Gasteiger partial charge in [0.15, 0.2) is 0 Å². The van der Waals surface area contributed by atoms with Crippen molar-refractivity contribution in [1.29, 1.82) is 0 Å². The molecule has 0 N–H and O–H groups in total. The molecule has 0 spiro atoms. The summed E-state index contributed by atoms with van der Waals surface area (Å²) in [6.07, 6.45) is 4.65. The zero-order valence-corrected chi connectivity index (χ0v) is 14.7. The minimum atomic E-state index is -0.599. The van der Waals surface area contributed by atoms with Gasteiger partial charge in [-0.1, -0.05) is 0 Å². The van der Waals surface area contributed by atoms with Crippen molar-refractivity contribution in [1.82, 2.24) is 14.7 Å². The molecule has 0 unspecified atom stereocenters. The highest BCUT2D eigenvalue weighted by molar-refractivity contribution is 5.83. The number of hydrogen-bond acceptors (Lipinski definition) is 5. The van der Waals surface area contributed by atoms with Gasteiger partial charge < -0.3 is 9.47 Å². The van der Waals surface area contributed by atoms with E-state index in [2.05, 4.69) is 5.10 Å². The number of carbonyl (C=O) groups excluding carboxylic acids is 2. The number of aromatic nitrogens is 2. The molecule has 1 saturated carbocycles. The van der Waals surface area contributed by atoms with E-state index in [1.807, 2.05) is 37.7 Å². The molecule has 1 aliphatic heterocycles. The molecule has 2 aliphatic rings. The number of hydrogen-bond donors (Lipinski definition) is 0. The summed E-state index contributed by atoms with van der Waals surface area (Å²) in [6, 6.07) is 1.30. The molecule has 2 heterocycles. The third kappa shape index (κ3) is 3.12. The number of amides is 1. The molecule has 3 rings (SSSR count). The molecule has 7 nitrogen and oxygen atoms in total. The molecule has 0 aromatic carbocycles. The standard InChI is InChI=1S/C17H25N3O4/c1-5-23-14(21)12-9-17(11-19-8-6-7-18-19)10-13(17)20(12)15(22)24-16(2,3)4/h6-8,12-13H,5,9-11H2,1-4H3/t12-,13+,17-/m0/s1. The van der Waals surface area contributed by atoms with Crippen molar-refractivity contribution in [2.45, 2.75) is 64.8 Å². The van der Waals surface area contributed by atoms with Crippen LogP contribution < -0.4 is 0 Å². The number of rotatable bonds is 4. The van der Waals surface area contributed by atoms with E-state index >= 15 is 0 Å². The lowest BCUT2D eigenvalue weighted by Gasteiger charge is -2.29. The van der Waals surface area contributed by atoms with Crippen LogP contribution in [0.4, 0.5) is 4.79 Å². The Kier molecular flexibility index (Phi) is 4.05. The number of nitrogens with zero attached hydrogens (tertiary/aromatic N) is 3. The van der Waals surface area contributed by atoms with Crippen LogP contribution in [-0.2, 0) is 20.8 Å². The monoisotopic (exact) mass is 335 g/mol. The Morgan fingerprint density at radius 2 is 2.08 bits per heavy atom. The summed E-state index contributed by atoms with van der Waals surface area (Å²) in [5, 5.41) is 4.25. The van der Waals surface area contributed by atoms with E-state index in [0.717, 1.165) is 6.42 Å². The van der Waals surface area contributed by atoms with Gasteiger partial charge in [-0.15, -0.1) is 0 Å². The fourth-order valence-corrected chi connectivity index (χ4v) is 3.60. The van der Waals surface area contributed by atoms with Gasteiger partial charge in [-0.2, -0.15) is 5.10 Å². The molecule has 1 saturated heterocycles. The summed E-state index contributed by atoms with van der Waals surface area (Å²) in [6.45, 7) is 8.23. The molecule has 1 aliphatic carbocycles. The maximum atomic E-state index is 12.6. The summed E-state index contributed by atoms with van der Waals surface area (Å²) in [5.41, 5.74) is -0.710. The predicted octanol–water partition coefficient (Wildman–Crippen LogP) is 2.21.